The van der Waals surface area contributed by atoms with E-state index in [-0.39, 0.29) is 6.04 Å². The Morgan fingerprint density at radius 1 is 1.67 bits per heavy atom. The lowest BCUT2D eigenvalue weighted by Gasteiger charge is -2.38. The van der Waals surface area contributed by atoms with E-state index >= 15 is 0 Å². The van der Waals surface area contributed by atoms with E-state index in [2.05, 4.69) is 0 Å². The standard InChI is InChI=1S/C10H18N2O2S/c1-2-7(10(13)14)12-6-4-3-5-8(12)9(11)15/h7-8H,2-6H2,1H3,(H2,11,15)(H,13,14). The van der Waals surface area contributed by atoms with Gasteiger partial charge in [0, 0.05) is 0 Å². The Morgan fingerprint density at radius 3 is 2.80 bits per heavy atom. The third kappa shape index (κ3) is 2.89. The molecule has 5 heteroatoms. The first-order valence-corrected chi connectivity index (χ1v) is 5.76. The number of carbonyl (C=O) groups is 1. The van der Waals surface area contributed by atoms with Crippen LogP contribution in [0.4, 0.5) is 0 Å². The van der Waals surface area contributed by atoms with Crippen LogP contribution in [0.2, 0.25) is 0 Å². The Morgan fingerprint density at radius 2 is 2.33 bits per heavy atom. The quantitative estimate of drug-likeness (QED) is 0.705. The number of nitrogens with two attached hydrogens (primary N) is 1. The summed E-state index contributed by atoms with van der Waals surface area (Å²) < 4.78 is 0. The van der Waals surface area contributed by atoms with E-state index in [4.69, 9.17) is 23.1 Å². The summed E-state index contributed by atoms with van der Waals surface area (Å²) in [5, 5.41) is 9.10. The molecule has 0 aromatic rings. The van der Waals surface area contributed by atoms with Crippen molar-refractivity contribution in [2.75, 3.05) is 6.54 Å². The molecule has 1 aliphatic rings. The van der Waals surface area contributed by atoms with Gasteiger partial charge >= 0.3 is 5.97 Å². The Balaban J connectivity index is 2.78. The molecule has 0 aliphatic carbocycles. The van der Waals surface area contributed by atoms with Gasteiger partial charge in [-0.15, -0.1) is 0 Å². The van der Waals surface area contributed by atoms with E-state index in [9.17, 15) is 4.79 Å². The first-order valence-electron chi connectivity index (χ1n) is 5.35. The topological polar surface area (TPSA) is 66.6 Å². The third-order valence-corrected chi connectivity index (χ3v) is 3.22. The van der Waals surface area contributed by atoms with Gasteiger partial charge in [-0.1, -0.05) is 25.6 Å². The van der Waals surface area contributed by atoms with Crippen molar-refractivity contribution in [3.05, 3.63) is 0 Å². The van der Waals surface area contributed by atoms with Crippen LogP contribution in [0.25, 0.3) is 0 Å². The number of piperidine rings is 1. The highest BCUT2D eigenvalue weighted by Crippen LogP contribution is 2.21. The first kappa shape index (κ1) is 12.4. The fourth-order valence-corrected chi connectivity index (χ4v) is 2.44. The van der Waals surface area contributed by atoms with Crippen molar-refractivity contribution < 1.29 is 9.90 Å². The molecule has 86 valence electrons. The highest BCUT2D eigenvalue weighted by atomic mass is 32.1. The summed E-state index contributed by atoms with van der Waals surface area (Å²) in [6, 6.07) is -0.480. The summed E-state index contributed by atoms with van der Waals surface area (Å²) >= 11 is 4.99. The lowest BCUT2D eigenvalue weighted by atomic mass is 9.99. The molecule has 3 N–H and O–H groups in total. The minimum absolute atomic E-state index is 0.0326. The van der Waals surface area contributed by atoms with Crippen molar-refractivity contribution in [1.82, 2.24) is 4.90 Å². The number of hydrogen-bond donors (Lipinski definition) is 2. The number of nitrogens with zero attached hydrogens (tertiary/aromatic N) is 1. The van der Waals surface area contributed by atoms with Crippen molar-refractivity contribution in [3.8, 4) is 0 Å². The molecule has 2 unspecified atom stereocenters. The Hall–Kier alpha value is -0.680. The fraction of sp³-hybridized carbons (Fsp3) is 0.800. The average molecular weight is 230 g/mol. The lowest BCUT2D eigenvalue weighted by molar-refractivity contribution is -0.144. The summed E-state index contributed by atoms with van der Waals surface area (Å²) in [6.07, 6.45) is 3.59. The van der Waals surface area contributed by atoms with Crippen molar-refractivity contribution in [2.45, 2.75) is 44.7 Å². The van der Waals surface area contributed by atoms with Crippen LogP contribution in [-0.4, -0.2) is 39.6 Å². The Labute approximate surface area is 95.4 Å². The van der Waals surface area contributed by atoms with E-state index in [0.29, 0.717) is 11.4 Å². The maximum Gasteiger partial charge on any atom is 0.320 e. The minimum atomic E-state index is -0.777. The summed E-state index contributed by atoms with van der Waals surface area (Å²) in [6.45, 7) is 2.66. The fourth-order valence-electron chi connectivity index (χ4n) is 2.18. The van der Waals surface area contributed by atoms with Crippen LogP contribution in [0, 0.1) is 0 Å². The van der Waals surface area contributed by atoms with Gasteiger partial charge in [-0.25, -0.2) is 0 Å². The predicted octanol–water partition coefficient (Wildman–Crippen LogP) is 0.990. The van der Waals surface area contributed by atoms with Crippen molar-refractivity contribution >= 4 is 23.2 Å². The predicted molar refractivity (Wildman–Crippen MR) is 62.8 cm³/mol. The lowest BCUT2D eigenvalue weighted by Crippen LogP contribution is -2.54. The molecular formula is C10H18N2O2S. The second kappa shape index (κ2) is 5.42. The molecule has 0 bridgehead atoms. The number of likely N-dealkylation sites (tertiary alicyclic amines) is 1. The summed E-state index contributed by atoms with van der Waals surface area (Å²) in [7, 11) is 0. The van der Waals surface area contributed by atoms with Crippen LogP contribution >= 0.6 is 12.2 Å². The van der Waals surface area contributed by atoms with Crippen LogP contribution in [-0.2, 0) is 4.79 Å². The highest BCUT2D eigenvalue weighted by Gasteiger charge is 2.33. The monoisotopic (exact) mass is 230 g/mol. The number of thiocarbonyl (C=S) groups is 1. The zero-order valence-electron chi connectivity index (χ0n) is 8.98. The molecular weight excluding hydrogens is 212 g/mol. The van der Waals surface area contributed by atoms with Crippen molar-refractivity contribution in [1.29, 1.82) is 0 Å². The van der Waals surface area contributed by atoms with Gasteiger partial charge < -0.3 is 10.8 Å². The number of rotatable bonds is 4. The van der Waals surface area contributed by atoms with Gasteiger partial charge in [0.15, 0.2) is 0 Å². The molecule has 1 aliphatic heterocycles. The van der Waals surface area contributed by atoms with Crippen LogP contribution in [0.3, 0.4) is 0 Å². The van der Waals surface area contributed by atoms with Crippen LogP contribution in [0.1, 0.15) is 32.6 Å². The SMILES string of the molecule is CCC(C(=O)O)N1CCCCC1C(N)=S. The zero-order chi connectivity index (χ0) is 11.4. The van der Waals surface area contributed by atoms with Crippen LogP contribution < -0.4 is 5.73 Å². The van der Waals surface area contributed by atoms with Gasteiger partial charge in [-0.05, 0) is 25.8 Å². The molecule has 1 heterocycles. The summed E-state index contributed by atoms with van der Waals surface area (Å²) in [4.78, 5) is 13.4. The Kier molecular flexibility index (Phi) is 4.47. The number of aliphatic carboxylic acids is 1. The molecule has 15 heavy (non-hydrogen) atoms. The number of carboxylic acids is 1. The van der Waals surface area contributed by atoms with E-state index in [1.54, 1.807) is 0 Å². The maximum atomic E-state index is 11.1. The summed E-state index contributed by atoms with van der Waals surface area (Å²) in [5.74, 6) is -0.777. The molecule has 0 amide bonds. The molecule has 1 saturated heterocycles. The highest BCUT2D eigenvalue weighted by molar-refractivity contribution is 7.80. The first-order chi connectivity index (χ1) is 7.07. The van der Waals surface area contributed by atoms with Gasteiger partial charge in [0.1, 0.15) is 6.04 Å². The summed E-state index contributed by atoms with van der Waals surface area (Å²) in [5.41, 5.74) is 5.65. The van der Waals surface area contributed by atoms with Crippen LogP contribution in [0.15, 0.2) is 0 Å². The molecule has 0 aromatic carbocycles. The molecule has 2 atom stereocenters. The molecule has 0 radical (unpaired) electrons. The van der Waals surface area contributed by atoms with E-state index < -0.39 is 12.0 Å². The molecule has 1 fully saturated rings. The van der Waals surface area contributed by atoms with Crippen molar-refractivity contribution in [3.63, 3.8) is 0 Å². The average Bonchev–Trinajstić information content (AvgIpc) is 2.18. The maximum absolute atomic E-state index is 11.1. The minimum Gasteiger partial charge on any atom is -0.480 e. The second-order valence-corrected chi connectivity index (χ2v) is 4.39. The Bertz CT molecular complexity index is 242. The molecule has 4 nitrogen and oxygen atoms in total. The largest absolute Gasteiger partial charge is 0.480 e. The smallest absolute Gasteiger partial charge is 0.320 e. The molecule has 0 spiro atoms. The van der Waals surface area contributed by atoms with Gasteiger partial charge in [-0.3, -0.25) is 9.69 Å². The number of hydrogen-bond acceptors (Lipinski definition) is 3. The van der Waals surface area contributed by atoms with Gasteiger partial charge in [0.2, 0.25) is 0 Å². The zero-order valence-corrected chi connectivity index (χ0v) is 9.80. The second-order valence-electron chi connectivity index (χ2n) is 3.91. The molecule has 0 aromatic heterocycles. The van der Waals surface area contributed by atoms with Gasteiger partial charge in [-0.2, -0.15) is 0 Å². The van der Waals surface area contributed by atoms with E-state index in [1.807, 2.05) is 11.8 Å². The number of carboxylic acid groups (broad SMARTS) is 1. The van der Waals surface area contributed by atoms with Gasteiger partial charge in [0.25, 0.3) is 0 Å². The molecule has 0 saturated carbocycles. The van der Waals surface area contributed by atoms with E-state index in [1.165, 1.54) is 0 Å². The van der Waals surface area contributed by atoms with Gasteiger partial charge in [0.05, 0.1) is 11.0 Å². The molecule has 1 rings (SSSR count). The van der Waals surface area contributed by atoms with Crippen LogP contribution in [0.5, 0.6) is 0 Å². The van der Waals surface area contributed by atoms with Crippen molar-refractivity contribution in [2.24, 2.45) is 5.73 Å². The normalized spacial score (nSPS) is 24.7. The third-order valence-electron chi connectivity index (χ3n) is 2.94. The van der Waals surface area contributed by atoms with E-state index in [0.717, 1.165) is 25.8 Å².